The zero-order chi connectivity index (χ0) is 17.0. The maximum absolute atomic E-state index is 11.8. The van der Waals surface area contributed by atoms with Crippen molar-refractivity contribution in [1.82, 2.24) is 5.32 Å². The number of rotatable bonds is 6. The van der Waals surface area contributed by atoms with Gasteiger partial charge in [0.05, 0.1) is 0 Å². The molecule has 1 amide bonds. The Labute approximate surface area is 131 Å². The molecule has 7 heteroatoms. The van der Waals surface area contributed by atoms with E-state index in [-0.39, 0.29) is 12.5 Å². The van der Waals surface area contributed by atoms with Crippen molar-refractivity contribution < 1.29 is 23.8 Å². The smallest absolute Gasteiger partial charge is 0.336 e. The summed E-state index contributed by atoms with van der Waals surface area (Å²) in [6.45, 7) is 3.07. The van der Waals surface area contributed by atoms with Crippen LogP contribution in [0.5, 0.6) is 5.75 Å². The Balaban J connectivity index is 2.01. The number of fused-ring (bicyclic) bond motifs is 1. The lowest BCUT2D eigenvalue weighted by Gasteiger charge is -2.17. The van der Waals surface area contributed by atoms with Gasteiger partial charge in [-0.15, -0.1) is 0 Å². The van der Waals surface area contributed by atoms with Crippen molar-refractivity contribution in [3.05, 3.63) is 40.8 Å². The number of carboxylic acids is 1. The Morgan fingerprint density at radius 2 is 1.96 bits per heavy atom. The lowest BCUT2D eigenvalue weighted by atomic mass is 10.1. The molecular weight excluding hydrogens is 302 g/mol. The number of ether oxygens (including phenoxy) is 1. The van der Waals surface area contributed by atoms with Crippen molar-refractivity contribution in [2.45, 2.75) is 19.9 Å². The molecule has 23 heavy (non-hydrogen) atoms. The van der Waals surface area contributed by atoms with E-state index in [0.717, 1.165) is 5.39 Å². The van der Waals surface area contributed by atoms with Crippen molar-refractivity contribution in [2.75, 3.05) is 6.61 Å². The third kappa shape index (κ3) is 4.32. The maximum Gasteiger partial charge on any atom is 0.336 e. The molecule has 1 heterocycles. The van der Waals surface area contributed by atoms with E-state index in [1.54, 1.807) is 32.0 Å². The van der Waals surface area contributed by atoms with Gasteiger partial charge in [0, 0.05) is 17.5 Å². The predicted octanol–water partition coefficient (Wildman–Crippen LogP) is 1.40. The summed E-state index contributed by atoms with van der Waals surface area (Å²) in [5, 5.41) is 12.1. The Hall–Kier alpha value is -2.83. The molecule has 122 valence electrons. The second-order valence-electron chi connectivity index (χ2n) is 5.37. The number of carboxylic acid groups (broad SMARTS) is 1. The van der Waals surface area contributed by atoms with Crippen LogP contribution in [-0.2, 0) is 9.59 Å². The third-order valence-electron chi connectivity index (χ3n) is 3.21. The highest BCUT2D eigenvalue weighted by molar-refractivity contribution is 5.84. The zero-order valence-electron chi connectivity index (χ0n) is 12.7. The van der Waals surface area contributed by atoms with Gasteiger partial charge in [0.25, 0.3) is 5.91 Å². The third-order valence-corrected chi connectivity index (χ3v) is 3.21. The summed E-state index contributed by atoms with van der Waals surface area (Å²) < 4.78 is 10.3. The van der Waals surface area contributed by atoms with Gasteiger partial charge in [-0.25, -0.2) is 9.59 Å². The van der Waals surface area contributed by atoms with Gasteiger partial charge in [-0.2, -0.15) is 0 Å². The van der Waals surface area contributed by atoms with Crippen molar-refractivity contribution in [1.29, 1.82) is 0 Å². The minimum Gasteiger partial charge on any atom is -0.484 e. The lowest BCUT2D eigenvalue weighted by molar-refractivity contribution is -0.143. The number of benzene rings is 1. The average molecular weight is 319 g/mol. The van der Waals surface area contributed by atoms with E-state index in [0.29, 0.717) is 11.3 Å². The van der Waals surface area contributed by atoms with Crippen LogP contribution < -0.4 is 15.7 Å². The summed E-state index contributed by atoms with van der Waals surface area (Å²) >= 11 is 0. The average Bonchev–Trinajstić information content (AvgIpc) is 2.49. The maximum atomic E-state index is 11.8. The van der Waals surface area contributed by atoms with Crippen LogP contribution >= 0.6 is 0 Å². The Kier molecular flexibility index (Phi) is 5.00. The van der Waals surface area contributed by atoms with E-state index < -0.39 is 23.5 Å². The SMILES string of the molecule is CC(C)[C@@H](NC(=O)COc1ccc2ccc(=O)oc2c1)C(=O)O. The molecule has 0 aliphatic carbocycles. The summed E-state index contributed by atoms with van der Waals surface area (Å²) in [6.07, 6.45) is 0. The van der Waals surface area contributed by atoms with Gasteiger partial charge in [0.2, 0.25) is 0 Å². The number of nitrogens with one attached hydrogen (secondary N) is 1. The highest BCUT2D eigenvalue weighted by atomic mass is 16.5. The van der Waals surface area contributed by atoms with Crippen LogP contribution in [0.3, 0.4) is 0 Å². The molecule has 0 spiro atoms. The Bertz CT molecular complexity index is 779. The second kappa shape index (κ2) is 6.95. The van der Waals surface area contributed by atoms with E-state index in [1.807, 2.05) is 0 Å². The molecule has 0 radical (unpaired) electrons. The fourth-order valence-electron chi connectivity index (χ4n) is 2.01. The Morgan fingerprint density at radius 1 is 1.26 bits per heavy atom. The summed E-state index contributed by atoms with van der Waals surface area (Å²) in [7, 11) is 0. The summed E-state index contributed by atoms with van der Waals surface area (Å²) in [5.41, 5.74) is -0.130. The highest BCUT2D eigenvalue weighted by Crippen LogP contribution is 2.19. The molecule has 1 aromatic heterocycles. The number of amides is 1. The molecule has 1 atom stereocenters. The predicted molar refractivity (Wildman–Crippen MR) is 82.4 cm³/mol. The largest absolute Gasteiger partial charge is 0.484 e. The molecule has 0 fully saturated rings. The van der Waals surface area contributed by atoms with Crippen LogP contribution in [0, 0.1) is 5.92 Å². The minimum absolute atomic E-state index is 0.244. The summed E-state index contributed by atoms with van der Waals surface area (Å²) in [6, 6.07) is 6.79. The van der Waals surface area contributed by atoms with Gasteiger partial charge < -0.3 is 19.6 Å². The molecule has 2 aromatic rings. The lowest BCUT2D eigenvalue weighted by Crippen LogP contribution is -2.46. The quantitative estimate of drug-likeness (QED) is 0.780. The van der Waals surface area contributed by atoms with Crippen molar-refractivity contribution >= 4 is 22.8 Å². The number of hydrogen-bond donors (Lipinski definition) is 2. The standard InChI is InChI=1S/C16H17NO6/c1-9(2)15(16(20)21)17-13(18)8-22-11-5-3-10-4-6-14(19)23-12(10)7-11/h3-7,9,15H,8H2,1-2H3,(H,17,18)(H,20,21)/t15-/m1/s1. The fraction of sp³-hybridized carbons (Fsp3) is 0.312. The van der Waals surface area contributed by atoms with Gasteiger partial charge in [0.1, 0.15) is 17.4 Å². The molecule has 7 nitrogen and oxygen atoms in total. The zero-order valence-corrected chi connectivity index (χ0v) is 12.7. The van der Waals surface area contributed by atoms with E-state index in [1.165, 1.54) is 12.1 Å². The molecule has 0 aliphatic heterocycles. The first-order valence-electron chi connectivity index (χ1n) is 7.05. The number of aliphatic carboxylic acids is 1. The molecule has 2 N–H and O–H groups in total. The summed E-state index contributed by atoms with van der Waals surface area (Å²) in [5.74, 6) is -1.54. The van der Waals surface area contributed by atoms with Crippen LogP contribution in [0.4, 0.5) is 0 Å². The minimum atomic E-state index is -1.10. The van der Waals surface area contributed by atoms with Crippen molar-refractivity contribution in [2.24, 2.45) is 5.92 Å². The van der Waals surface area contributed by atoms with E-state index >= 15 is 0 Å². The van der Waals surface area contributed by atoms with E-state index in [9.17, 15) is 14.4 Å². The summed E-state index contributed by atoms with van der Waals surface area (Å²) in [4.78, 5) is 34.0. The van der Waals surface area contributed by atoms with Crippen molar-refractivity contribution in [3.8, 4) is 5.75 Å². The van der Waals surface area contributed by atoms with Gasteiger partial charge in [0.15, 0.2) is 6.61 Å². The second-order valence-corrected chi connectivity index (χ2v) is 5.37. The molecule has 0 saturated heterocycles. The molecule has 0 bridgehead atoms. The van der Waals surface area contributed by atoms with Gasteiger partial charge in [-0.05, 0) is 24.1 Å². The fourth-order valence-corrected chi connectivity index (χ4v) is 2.01. The Morgan fingerprint density at radius 3 is 2.61 bits per heavy atom. The van der Waals surface area contributed by atoms with Crippen LogP contribution in [0.2, 0.25) is 0 Å². The molecule has 2 rings (SSSR count). The molecule has 0 unspecified atom stereocenters. The number of carbonyl (C=O) groups excluding carboxylic acids is 1. The van der Waals surface area contributed by atoms with Gasteiger partial charge >= 0.3 is 11.6 Å². The molecule has 1 aromatic carbocycles. The van der Waals surface area contributed by atoms with Crippen LogP contribution in [-0.4, -0.2) is 29.6 Å². The molecular formula is C16H17NO6. The van der Waals surface area contributed by atoms with Crippen molar-refractivity contribution in [3.63, 3.8) is 0 Å². The van der Waals surface area contributed by atoms with E-state index in [4.69, 9.17) is 14.3 Å². The first kappa shape index (κ1) is 16.5. The van der Waals surface area contributed by atoms with E-state index in [2.05, 4.69) is 5.32 Å². The van der Waals surface area contributed by atoms with Crippen LogP contribution in [0.1, 0.15) is 13.8 Å². The molecule has 0 aliphatic rings. The first-order chi connectivity index (χ1) is 10.9. The van der Waals surface area contributed by atoms with Crippen LogP contribution in [0.25, 0.3) is 11.0 Å². The van der Waals surface area contributed by atoms with Gasteiger partial charge in [-0.3, -0.25) is 4.79 Å². The number of carbonyl (C=O) groups is 2. The topological polar surface area (TPSA) is 106 Å². The normalized spacial score (nSPS) is 12.1. The molecule has 0 saturated carbocycles. The monoisotopic (exact) mass is 319 g/mol. The van der Waals surface area contributed by atoms with Gasteiger partial charge in [-0.1, -0.05) is 13.8 Å². The van der Waals surface area contributed by atoms with Crippen LogP contribution in [0.15, 0.2) is 39.5 Å². The first-order valence-corrected chi connectivity index (χ1v) is 7.05. The highest BCUT2D eigenvalue weighted by Gasteiger charge is 2.23. The number of hydrogen-bond acceptors (Lipinski definition) is 5.